The Morgan fingerprint density at radius 3 is 2.65 bits per heavy atom. The summed E-state index contributed by atoms with van der Waals surface area (Å²) in [6.07, 6.45) is 0.700. The lowest BCUT2D eigenvalue weighted by Gasteiger charge is -2.16. The number of rotatable bonds is 7. The average molecular weight is 486 g/mol. The van der Waals surface area contributed by atoms with Gasteiger partial charge in [0.2, 0.25) is 5.78 Å². The van der Waals surface area contributed by atoms with Gasteiger partial charge >= 0.3 is 5.97 Å². The molecule has 1 aliphatic heterocycles. The second kappa shape index (κ2) is 9.17. The first-order valence-corrected chi connectivity index (χ1v) is 12.9. The van der Waals surface area contributed by atoms with Crippen LogP contribution in [0.5, 0.6) is 0 Å². The van der Waals surface area contributed by atoms with Crippen molar-refractivity contribution < 1.29 is 22.7 Å². The molecule has 1 aromatic carbocycles. The molecule has 1 fully saturated rings. The quantitative estimate of drug-likeness (QED) is 0.371. The van der Waals surface area contributed by atoms with E-state index >= 15 is 0 Å². The van der Waals surface area contributed by atoms with Crippen LogP contribution in [0.25, 0.3) is 10.9 Å². The second-order valence-electron chi connectivity index (χ2n) is 8.70. The number of hydrogen-bond acceptors (Lipinski definition) is 7. The Morgan fingerprint density at radius 2 is 1.94 bits per heavy atom. The van der Waals surface area contributed by atoms with Gasteiger partial charge in [-0.1, -0.05) is 12.1 Å². The summed E-state index contributed by atoms with van der Waals surface area (Å²) in [6.45, 7) is 3.20. The Labute approximate surface area is 197 Å². The molecule has 2 aromatic heterocycles. The highest BCUT2D eigenvalue weighted by molar-refractivity contribution is 7.91. The van der Waals surface area contributed by atoms with Crippen molar-refractivity contribution in [3.05, 3.63) is 63.5 Å². The number of esters is 1. The fourth-order valence-electron chi connectivity index (χ4n) is 4.60. The third kappa shape index (κ3) is 4.68. The van der Waals surface area contributed by atoms with Crippen LogP contribution in [-0.4, -0.2) is 52.4 Å². The third-order valence-corrected chi connectivity index (χ3v) is 8.10. The standard InChI is InChI=1S/C24H27N3O6S/c1-15-12-19(16(2)27(15)17-10-11-34(31,32)14-17)21(28)13-33-23(29)9-8-22-25-20-7-5-4-6-18(20)24(30)26(22)3/h4-7,12,17H,8-11,13-14H2,1-3H3. The molecular weight excluding hydrogens is 458 g/mol. The molecule has 3 heterocycles. The lowest BCUT2D eigenvalue weighted by molar-refractivity contribution is -0.142. The SMILES string of the molecule is Cc1cc(C(=O)COC(=O)CCc2nc3ccccc3c(=O)n2C)c(C)n1C1CCS(=O)(=O)C1. The maximum Gasteiger partial charge on any atom is 0.306 e. The van der Waals surface area contributed by atoms with E-state index in [1.807, 2.05) is 11.5 Å². The van der Waals surface area contributed by atoms with E-state index in [-0.39, 0.29) is 41.7 Å². The maximum atomic E-state index is 12.7. The summed E-state index contributed by atoms with van der Waals surface area (Å²) in [6, 6.07) is 8.54. The highest BCUT2D eigenvalue weighted by Crippen LogP contribution is 2.29. The van der Waals surface area contributed by atoms with E-state index in [1.165, 1.54) is 4.57 Å². The Bertz CT molecular complexity index is 1450. The average Bonchev–Trinajstić information content (AvgIpc) is 3.30. The zero-order valence-electron chi connectivity index (χ0n) is 19.4. The smallest absolute Gasteiger partial charge is 0.306 e. The molecule has 0 spiro atoms. The van der Waals surface area contributed by atoms with Gasteiger partial charge < -0.3 is 9.30 Å². The second-order valence-corrected chi connectivity index (χ2v) is 10.9. The first kappa shape index (κ1) is 23.9. The fourth-order valence-corrected chi connectivity index (χ4v) is 6.30. The highest BCUT2D eigenvalue weighted by atomic mass is 32.2. The summed E-state index contributed by atoms with van der Waals surface area (Å²) in [7, 11) is -1.45. The zero-order chi connectivity index (χ0) is 24.6. The predicted octanol–water partition coefficient (Wildman–Crippen LogP) is 2.07. The Balaban J connectivity index is 1.38. The summed E-state index contributed by atoms with van der Waals surface area (Å²) in [5, 5.41) is 0.509. The van der Waals surface area contributed by atoms with Gasteiger partial charge in [0.05, 0.1) is 28.8 Å². The molecular formula is C24H27N3O6S. The van der Waals surface area contributed by atoms with Crippen molar-refractivity contribution in [1.82, 2.24) is 14.1 Å². The van der Waals surface area contributed by atoms with Crippen LogP contribution in [0.3, 0.4) is 0 Å². The van der Waals surface area contributed by atoms with Crippen LogP contribution in [-0.2, 0) is 32.8 Å². The third-order valence-electron chi connectivity index (χ3n) is 6.35. The van der Waals surface area contributed by atoms with Crippen LogP contribution in [0.2, 0.25) is 0 Å². The number of nitrogens with zero attached hydrogens (tertiary/aromatic N) is 3. The summed E-state index contributed by atoms with van der Waals surface area (Å²) in [5.74, 6) is -0.233. The summed E-state index contributed by atoms with van der Waals surface area (Å²) < 4.78 is 32.2. The number of para-hydroxylation sites is 1. The number of aromatic nitrogens is 3. The van der Waals surface area contributed by atoms with E-state index in [9.17, 15) is 22.8 Å². The van der Waals surface area contributed by atoms with Crippen molar-refractivity contribution in [2.45, 2.75) is 39.2 Å². The molecule has 1 unspecified atom stereocenters. The molecule has 0 aliphatic carbocycles. The van der Waals surface area contributed by atoms with Gasteiger partial charge in [0.25, 0.3) is 5.56 Å². The minimum Gasteiger partial charge on any atom is -0.457 e. The van der Waals surface area contributed by atoms with E-state index in [2.05, 4.69) is 4.98 Å². The monoisotopic (exact) mass is 485 g/mol. The van der Waals surface area contributed by atoms with Crippen molar-refractivity contribution in [2.75, 3.05) is 18.1 Å². The van der Waals surface area contributed by atoms with Gasteiger partial charge in [0.15, 0.2) is 16.4 Å². The Kier molecular flexibility index (Phi) is 6.44. The number of fused-ring (bicyclic) bond motifs is 1. The molecule has 4 rings (SSSR count). The number of benzene rings is 1. The maximum absolute atomic E-state index is 12.7. The van der Waals surface area contributed by atoms with E-state index in [0.29, 0.717) is 34.4 Å². The number of carbonyl (C=O) groups is 2. The van der Waals surface area contributed by atoms with E-state index in [4.69, 9.17) is 4.74 Å². The van der Waals surface area contributed by atoms with Crippen LogP contribution in [0.4, 0.5) is 0 Å². The molecule has 0 bridgehead atoms. The summed E-state index contributed by atoms with van der Waals surface area (Å²) >= 11 is 0. The zero-order valence-corrected chi connectivity index (χ0v) is 20.2. The van der Waals surface area contributed by atoms with Crippen LogP contribution < -0.4 is 5.56 Å². The normalized spacial score (nSPS) is 17.2. The lowest BCUT2D eigenvalue weighted by Crippen LogP contribution is -2.23. The summed E-state index contributed by atoms with van der Waals surface area (Å²) in [4.78, 5) is 42.0. The first-order valence-electron chi connectivity index (χ1n) is 11.1. The van der Waals surface area contributed by atoms with Gasteiger partial charge in [-0.05, 0) is 38.5 Å². The van der Waals surface area contributed by atoms with Crippen LogP contribution >= 0.6 is 0 Å². The van der Waals surface area contributed by atoms with Gasteiger partial charge in [-0.15, -0.1) is 0 Å². The van der Waals surface area contributed by atoms with Crippen molar-refractivity contribution >= 4 is 32.5 Å². The van der Waals surface area contributed by atoms with Crippen molar-refractivity contribution in [3.8, 4) is 0 Å². The van der Waals surface area contributed by atoms with Gasteiger partial charge in [-0.2, -0.15) is 0 Å². The highest BCUT2D eigenvalue weighted by Gasteiger charge is 2.31. The molecule has 1 atom stereocenters. The fraction of sp³-hybridized carbons (Fsp3) is 0.417. The largest absolute Gasteiger partial charge is 0.457 e. The number of aryl methyl sites for hydroxylation is 2. The molecule has 34 heavy (non-hydrogen) atoms. The number of ketones is 1. The minimum absolute atomic E-state index is 0.0230. The van der Waals surface area contributed by atoms with Crippen LogP contribution in [0.15, 0.2) is 35.1 Å². The number of hydrogen-bond donors (Lipinski definition) is 0. The van der Waals surface area contributed by atoms with Gasteiger partial charge in [0, 0.05) is 36.5 Å². The molecule has 180 valence electrons. The number of ether oxygens (including phenoxy) is 1. The van der Waals surface area contributed by atoms with Crippen LogP contribution in [0.1, 0.15) is 46.5 Å². The Hall–Kier alpha value is -3.27. The molecule has 0 saturated carbocycles. The number of Topliss-reactive ketones (excluding diaryl/α,β-unsaturated/α-hetero) is 1. The molecule has 1 saturated heterocycles. The number of sulfone groups is 1. The molecule has 0 amide bonds. The van der Waals surface area contributed by atoms with Crippen molar-refractivity contribution in [3.63, 3.8) is 0 Å². The van der Waals surface area contributed by atoms with Crippen molar-refractivity contribution in [2.24, 2.45) is 7.05 Å². The van der Waals surface area contributed by atoms with Crippen LogP contribution in [0, 0.1) is 13.8 Å². The predicted molar refractivity (Wildman–Crippen MR) is 127 cm³/mol. The van der Waals surface area contributed by atoms with Crippen molar-refractivity contribution in [1.29, 1.82) is 0 Å². The van der Waals surface area contributed by atoms with E-state index in [1.54, 1.807) is 44.3 Å². The molecule has 10 heteroatoms. The Morgan fingerprint density at radius 1 is 1.21 bits per heavy atom. The molecule has 3 aromatic rings. The lowest BCUT2D eigenvalue weighted by atomic mass is 10.1. The van der Waals surface area contributed by atoms with E-state index < -0.39 is 22.4 Å². The molecule has 1 aliphatic rings. The molecule has 9 nitrogen and oxygen atoms in total. The van der Waals surface area contributed by atoms with Gasteiger partial charge in [0.1, 0.15) is 5.82 Å². The van der Waals surface area contributed by atoms with Gasteiger partial charge in [-0.3, -0.25) is 19.0 Å². The number of carbonyl (C=O) groups excluding carboxylic acids is 2. The minimum atomic E-state index is -3.06. The topological polar surface area (TPSA) is 117 Å². The van der Waals surface area contributed by atoms with Gasteiger partial charge in [-0.25, -0.2) is 13.4 Å². The summed E-state index contributed by atoms with van der Waals surface area (Å²) in [5.41, 5.74) is 2.28. The molecule has 0 radical (unpaired) electrons. The van der Waals surface area contributed by atoms with E-state index in [0.717, 1.165) is 5.69 Å². The first-order chi connectivity index (χ1) is 16.1. The molecule has 0 N–H and O–H groups in total.